The van der Waals surface area contributed by atoms with Gasteiger partial charge in [0.2, 0.25) is 21.8 Å². The average Bonchev–Trinajstić information content (AvgIpc) is 2.82. The Morgan fingerprint density at radius 3 is 2.24 bits per heavy atom. The maximum atomic E-state index is 13.6. The number of carbonyl (C=O) groups excluding carboxylic acids is 2. The number of rotatable bonds is 12. The van der Waals surface area contributed by atoms with Crippen LogP contribution in [0.5, 0.6) is 11.5 Å². The molecule has 1 N–H and O–H groups in total. The summed E-state index contributed by atoms with van der Waals surface area (Å²) in [4.78, 5) is 27.8. The van der Waals surface area contributed by atoms with Gasteiger partial charge in [0.25, 0.3) is 0 Å². The van der Waals surface area contributed by atoms with E-state index in [0.29, 0.717) is 18.7 Å². The third kappa shape index (κ3) is 6.86. The van der Waals surface area contributed by atoms with Crippen molar-refractivity contribution < 1.29 is 27.5 Å². The Hall–Kier alpha value is -3.27. The van der Waals surface area contributed by atoms with Crippen molar-refractivity contribution in [2.24, 2.45) is 0 Å². The van der Waals surface area contributed by atoms with Crippen molar-refractivity contribution >= 4 is 27.5 Å². The maximum Gasteiger partial charge on any atom is 0.244 e. The van der Waals surface area contributed by atoms with E-state index < -0.39 is 28.5 Å². The smallest absolute Gasteiger partial charge is 0.244 e. The van der Waals surface area contributed by atoms with E-state index in [1.165, 1.54) is 25.2 Å². The molecule has 9 nitrogen and oxygen atoms in total. The second-order valence-electron chi connectivity index (χ2n) is 7.63. The molecule has 0 aromatic heterocycles. The molecule has 2 amide bonds. The molecule has 0 aliphatic heterocycles. The SMILES string of the molecule is CCNC(=O)C(CC)N(Cc1ccccc1)C(=O)CN(c1cc(OC)ccc1OC)S(C)(=O)=O. The molecule has 2 rings (SSSR count). The van der Waals surface area contributed by atoms with Gasteiger partial charge in [-0.15, -0.1) is 0 Å². The van der Waals surface area contributed by atoms with Gasteiger partial charge in [-0.05, 0) is 31.0 Å². The molecule has 2 aromatic rings. The highest BCUT2D eigenvalue weighted by atomic mass is 32.2. The van der Waals surface area contributed by atoms with E-state index in [1.807, 2.05) is 37.3 Å². The highest BCUT2D eigenvalue weighted by Gasteiger charge is 2.32. The Bertz CT molecular complexity index is 1080. The number of hydrogen-bond donors (Lipinski definition) is 1. The summed E-state index contributed by atoms with van der Waals surface area (Å²) in [6, 6.07) is 13.2. The van der Waals surface area contributed by atoms with Crippen molar-refractivity contribution in [3.63, 3.8) is 0 Å². The molecule has 0 aliphatic rings. The molecule has 0 heterocycles. The summed E-state index contributed by atoms with van der Waals surface area (Å²) in [6.07, 6.45) is 1.38. The largest absolute Gasteiger partial charge is 0.497 e. The van der Waals surface area contributed by atoms with Crippen LogP contribution < -0.4 is 19.1 Å². The summed E-state index contributed by atoms with van der Waals surface area (Å²) in [5.74, 6) is -0.132. The zero-order valence-electron chi connectivity index (χ0n) is 20.3. The predicted octanol–water partition coefficient (Wildman–Crippen LogP) is 2.41. The molecule has 1 unspecified atom stereocenters. The third-order valence-corrected chi connectivity index (χ3v) is 6.39. The monoisotopic (exact) mass is 491 g/mol. The number of ether oxygens (including phenoxy) is 2. The molecule has 2 aromatic carbocycles. The maximum absolute atomic E-state index is 13.6. The van der Waals surface area contributed by atoms with E-state index in [-0.39, 0.29) is 23.9 Å². The minimum absolute atomic E-state index is 0.155. The number of methoxy groups -OCH3 is 2. The molecule has 0 aliphatic carbocycles. The summed E-state index contributed by atoms with van der Waals surface area (Å²) in [7, 11) is -1.02. The first kappa shape index (κ1) is 27.0. The van der Waals surface area contributed by atoms with Gasteiger partial charge in [-0.2, -0.15) is 0 Å². The number of sulfonamides is 1. The molecule has 0 fully saturated rings. The van der Waals surface area contributed by atoms with Crippen LogP contribution >= 0.6 is 0 Å². The number of hydrogen-bond acceptors (Lipinski definition) is 6. The Morgan fingerprint density at radius 1 is 1.03 bits per heavy atom. The predicted molar refractivity (Wildman–Crippen MR) is 131 cm³/mol. The van der Waals surface area contributed by atoms with Crippen LogP contribution in [0.3, 0.4) is 0 Å². The van der Waals surface area contributed by atoms with Crippen LogP contribution in [0.25, 0.3) is 0 Å². The number of nitrogens with one attached hydrogen (secondary N) is 1. The first-order chi connectivity index (χ1) is 16.2. The fourth-order valence-corrected chi connectivity index (χ4v) is 4.42. The van der Waals surface area contributed by atoms with Gasteiger partial charge >= 0.3 is 0 Å². The number of benzene rings is 2. The lowest BCUT2D eigenvalue weighted by Crippen LogP contribution is -2.52. The number of nitrogens with zero attached hydrogens (tertiary/aromatic N) is 2. The van der Waals surface area contributed by atoms with Gasteiger partial charge in [-0.25, -0.2) is 8.42 Å². The normalized spacial score (nSPS) is 11.9. The Labute approximate surface area is 201 Å². The number of likely N-dealkylation sites (N-methyl/N-ethyl adjacent to an activating group) is 1. The van der Waals surface area contributed by atoms with Crippen LogP contribution in [0.15, 0.2) is 48.5 Å². The Kier molecular flexibility index (Phi) is 9.73. The van der Waals surface area contributed by atoms with Gasteiger partial charge in [0.05, 0.1) is 26.2 Å². The number of carbonyl (C=O) groups is 2. The lowest BCUT2D eigenvalue weighted by molar-refractivity contribution is -0.140. The molecule has 1 atom stereocenters. The zero-order chi connectivity index (χ0) is 25.3. The number of amides is 2. The van der Waals surface area contributed by atoms with Gasteiger partial charge in [-0.3, -0.25) is 13.9 Å². The molecule has 0 bridgehead atoms. The number of anilines is 1. The van der Waals surface area contributed by atoms with Crippen LogP contribution in [0, 0.1) is 0 Å². The molecule has 34 heavy (non-hydrogen) atoms. The van der Waals surface area contributed by atoms with Gasteiger partial charge in [0.1, 0.15) is 24.1 Å². The van der Waals surface area contributed by atoms with Crippen molar-refractivity contribution in [3.8, 4) is 11.5 Å². The van der Waals surface area contributed by atoms with Crippen molar-refractivity contribution in [2.45, 2.75) is 32.9 Å². The third-order valence-electron chi connectivity index (χ3n) is 5.27. The minimum atomic E-state index is -3.89. The summed E-state index contributed by atoms with van der Waals surface area (Å²) in [6.45, 7) is 3.67. The van der Waals surface area contributed by atoms with Crippen LogP contribution in [0.1, 0.15) is 25.8 Å². The zero-order valence-corrected chi connectivity index (χ0v) is 21.1. The average molecular weight is 492 g/mol. The van der Waals surface area contributed by atoms with E-state index >= 15 is 0 Å². The summed E-state index contributed by atoms with van der Waals surface area (Å²) in [5, 5.41) is 2.77. The van der Waals surface area contributed by atoms with Crippen LogP contribution in [0.2, 0.25) is 0 Å². The molecule has 0 radical (unpaired) electrons. The van der Waals surface area contributed by atoms with Crippen molar-refractivity contribution in [3.05, 3.63) is 54.1 Å². The van der Waals surface area contributed by atoms with Gasteiger partial charge in [0, 0.05) is 19.2 Å². The van der Waals surface area contributed by atoms with E-state index in [1.54, 1.807) is 19.1 Å². The van der Waals surface area contributed by atoms with Crippen LogP contribution in [-0.2, 0) is 26.2 Å². The summed E-state index contributed by atoms with van der Waals surface area (Å²) < 4.78 is 37.1. The molecule has 0 saturated carbocycles. The molecular weight excluding hydrogens is 458 g/mol. The first-order valence-electron chi connectivity index (χ1n) is 11.0. The van der Waals surface area contributed by atoms with Crippen molar-refractivity contribution in [1.29, 1.82) is 0 Å². The standard InChI is InChI=1S/C24H33N3O6S/c1-6-20(24(29)25-7-2)26(16-18-11-9-8-10-12-18)23(28)17-27(34(5,30)31)21-15-19(32-3)13-14-22(21)33-4/h8-15,20H,6-7,16-17H2,1-5H3,(H,25,29). The molecule has 0 spiro atoms. The molecule has 10 heteroatoms. The lowest BCUT2D eigenvalue weighted by Gasteiger charge is -2.33. The van der Waals surface area contributed by atoms with Crippen molar-refractivity contribution in [2.75, 3.05) is 37.9 Å². The first-order valence-corrected chi connectivity index (χ1v) is 12.8. The van der Waals surface area contributed by atoms with Crippen LogP contribution in [-0.4, -0.2) is 64.7 Å². The Balaban J connectivity index is 2.50. The van der Waals surface area contributed by atoms with Gasteiger partial charge < -0.3 is 19.7 Å². The second-order valence-corrected chi connectivity index (χ2v) is 9.54. The highest BCUT2D eigenvalue weighted by Crippen LogP contribution is 2.34. The molecular formula is C24H33N3O6S. The van der Waals surface area contributed by atoms with E-state index in [2.05, 4.69) is 5.32 Å². The quantitative estimate of drug-likeness (QED) is 0.489. The summed E-state index contributed by atoms with van der Waals surface area (Å²) >= 11 is 0. The van der Waals surface area contributed by atoms with E-state index in [4.69, 9.17) is 9.47 Å². The fourth-order valence-electron chi connectivity index (χ4n) is 3.58. The highest BCUT2D eigenvalue weighted by molar-refractivity contribution is 7.92. The van der Waals surface area contributed by atoms with Gasteiger partial charge in [0.15, 0.2) is 0 Å². The minimum Gasteiger partial charge on any atom is -0.497 e. The molecule has 0 saturated heterocycles. The second kappa shape index (κ2) is 12.3. The van der Waals surface area contributed by atoms with Crippen LogP contribution in [0.4, 0.5) is 5.69 Å². The van der Waals surface area contributed by atoms with Gasteiger partial charge in [-0.1, -0.05) is 37.3 Å². The molecule has 186 valence electrons. The topological polar surface area (TPSA) is 105 Å². The van der Waals surface area contributed by atoms with E-state index in [9.17, 15) is 18.0 Å². The Morgan fingerprint density at radius 2 is 1.71 bits per heavy atom. The lowest BCUT2D eigenvalue weighted by atomic mass is 10.1. The van der Waals surface area contributed by atoms with Crippen molar-refractivity contribution in [1.82, 2.24) is 10.2 Å². The van der Waals surface area contributed by atoms with E-state index in [0.717, 1.165) is 16.1 Å². The summed E-state index contributed by atoms with van der Waals surface area (Å²) in [5.41, 5.74) is 0.992. The fraction of sp³-hybridized carbons (Fsp3) is 0.417.